The molecule has 0 aromatic heterocycles. The van der Waals surface area contributed by atoms with E-state index < -0.39 is 6.75 Å². The maximum absolute atomic E-state index is 9.27. The number of nitrogens with zero attached hydrogens (tertiary/aromatic N) is 1. The van der Waals surface area contributed by atoms with Crippen LogP contribution in [0.15, 0.2) is 0 Å². The van der Waals surface area contributed by atoms with Crippen LogP contribution < -0.4 is 5.09 Å². The van der Waals surface area contributed by atoms with Gasteiger partial charge in [0.1, 0.15) is 0 Å². The van der Waals surface area contributed by atoms with E-state index in [1.807, 2.05) is 0 Å². The molecular formula is C15H33N2P. The van der Waals surface area contributed by atoms with Crippen molar-refractivity contribution < 1.29 is 0 Å². The van der Waals surface area contributed by atoms with Gasteiger partial charge >= 0.3 is 114 Å². The number of nitriles is 1. The van der Waals surface area contributed by atoms with Crippen molar-refractivity contribution in [2.24, 2.45) is 0 Å². The molecule has 0 amide bonds. The van der Waals surface area contributed by atoms with Crippen LogP contribution in [0, 0.1) is 11.5 Å². The molecule has 0 fully saturated rings. The molecule has 0 aliphatic heterocycles. The Morgan fingerprint density at radius 2 is 1.22 bits per heavy atom. The van der Waals surface area contributed by atoms with Crippen molar-refractivity contribution in [2.75, 3.05) is 24.6 Å². The maximum atomic E-state index is 9.27. The van der Waals surface area contributed by atoms with Crippen molar-refractivity contribution in [3.8, 4) is 6.19 Å². The zero-order chi connectivity index (χ0) is 13.9. The van der Waals surface area contributed by atoms with Crippen molar-refractivity contribution in [1.82, 2.24) is 5.09 Å². The van der Waals surface area contributed by atoms with E-state index in [0.717, 1.165) is 0 Å². The third-order valence-electron chi connectivity index (χ3n) is 4.49. The summed E-state index contributed by atoms with van der Waals surface area (Å²) in [6.45, 7) is 7.11. The van der Waals surface area contributed by atoms with Crippen LogP contribution in [0.3, 0.4) is 0 Å². The van der Waals surface area contributed by atoms with E-state index in [2.05, 4.69) is 39.0 Å². The Morgan fingerprint density at radius 3 is 1.44 bits per heavy atom. The first-order valence-electron chi connectivity index (χ1n) is 7.79. The summed E-state index contributed by atoms with van der Waals surface area (Å²) in [6.07, 6.45) is 14.9. The molecule has 2 nitrogen and oxygen atoms in total. The molecule has 0 saturated heterocycles. The van der Waals surface area contributed by atoms with Crippen LogP contribution in [0.25, 0.3) is 0 Å². The molecule has 0 aromatic rings. The van der Waals surface area contributed by atoms with Crippen LogP contribution in [-0.4, -0.2) is 24.6 Å². The van der Waals surface area contributed by atoms with Crippen LogP contribution in [0.1, 0.15) is 66.2 Å². The van der Waals surface area contributed by atoms with Crippen molar-refractivity contribution in [1.29, 1.82) is 5.26 Å². The molecule has 0 unspecified atom stereocenters. The molecule has 3 heteroatoms. The molecule has 0 saturated carbocycles. The van der Waals surface area contributed by atoms with Gasteiger partial charge in [-0.15, -0.1) is 0 Å². The Labute approximate surface area is 115 Å². The first-order valence-corrected chi connectivity index (χ1v) is 10.8. The van der Waals surface area contributed by atoms with Crippen LogP contribution in [0.2, 0.25) is 0 Å². The Morgan fingerprint density at radius 1 is 0.833 bits per heavy atom. The van der Waals surface area contributed by atoms with Gasteiger partial charge in [-0.05, 0) is 0 Å². The van der Waals surface area contributed by atoms with Gasteiger partial charge in [-0.25, -0.2) is 0 Å². The normalized spacial score (nSPS) is 13.6. The van der Waals surface area contributed by atoms with Gasteiger partial charge < -0.3 is 0 Å². The van der Waals surface area contributed by atoms with Crippen molar-refractivity contribution >= 4 is 6.75 Å². The molecule has 0 aliphatic rings. The standard InChI is InChI=1S/C15H33N2P/c1-5-9-12-18(8-4,17-15-16,13-10-6-2)14-11-7-3/h17H,5-14H2,1-4H3. The third-order valence-corrected chi connectivity index (χ3v) is 11.3. The van der Waals surface area contributed by atoms with Gasteiger partial charge in [0, 0.05) is 0 Å². The van der Waals surface area contributed by atoms with E-state index >= 15 is 0 Å². The quantitative estimate of drug-likeness (QED) is 0.328. The van der Waals surface area contributed by atoms with Gasteiger partial charge in [0.15, 0.2) is 0 Å². The summed E-state index contributed by atoms with van der Waals surface area (Å²) >= 11 is 0. The molecule has 0 spiro atoms. The molecule has 0 bridgehead atoms. The number of rotatable bonds is 11. The van der Waals surface area contributed by atoms with E-state index in [0.29, 0.717) is 0 Å². The molecule has 0 rings (SSSR count). The average molecular weight is 272 g/mol. The fourth-order valence-corrected chi connectivity index (χ4v) is 8.75. The Balaban J connectivity index is 5.12. The molecule has 1 N–H and O–H groups in total. The van der Waals surface area contributed by atoms with Gasteiger partial charge in [-0.2, -0.15) is 0 Å². The Hall–Kier alpha value is -0.280. The minimum absolute atomic E-state index is 1.19. The second kappa shape index (κ2) is 8.76. The van der Waals surface area contributed by atoms with Gasteiger partial charge in [0.05, 0.1) is 0 Å². The van der Waals surface area contributed by atoms with Crippen molar-refractivity contribution in [3.63, 3.8) is 0 Å². The topological polar surface area (TPSA) is 35.8 Å². The summed E-state index contributed by atoms with van der Waals surface area (Å²) in [5.41, 5.74) is 0. The molecule has 0 aromatic carbocycles. The number of hydrogen-bond donors (Lipinski definition) is 1. The summed E-state index contributed by atoms with van der Waals surface area (Å²) in [6, 6.07) is 0. The van der Waals surface area contributed by atoms with Gasteiger partial charge in [-0.1, -0.05) is 0 Å². The minimum atomic E-state index is -1.97. The van der Waals surface area contributed by atoms with E-state index in [4.69, 9.17) is 0 Å². The summed E-state index contributed by atoms with van der Waals surface area (Å²) in [5, 5.41) is 12.7. The Kier molecular flexibility index (Phi) is 8.62. The summed E-state index contributed by atoms with van der Waals surface area (Å²) < 4.78 is 0. The number of nitrogens with one attached hydrogen (secondary N) is 1. The average Bonchev–Trinajstić information content (AvgIpc) is 2.41. The monoisotopic (exact) mass is 272 g/mol. The summed E-state index contributed by atoms with van der Waals surface area (Å²) in [5.74, 6) is 0. The fraction of sp³-hybridized carbons (Fsp3) is 0.933. The van der Waals surface area contributed by atoms with Gasteiger partial charge in [0.2, 0.25) is 0 Å². The number of hydrogen-bond acceptors (Lipinski definition) is 2. The number of unbranched alkanes of at least 4 members (excludes halogenated alkanes) is 3. The van der Waals surface area contributed by atoms with Crippen molar-refractivity contribution in [3.05, 3.63) is 0 Å². The summed E-state index contributed by atoms with van der Waals surface area (Å²) in [4.78, 5) is 0. The Bertz CT molecular complexity index is 233. The van der Waals surface area contributed by atoms with Gasteiger partial charge in [0.25, 0.3) is 0 Å². The zero-order valence-corrected chi connectivity index (χ0v) is 13.9. The summed E-state index contributed by atoms with van der Waals surface area (Å²) in [7, 11) is 0. The van der Waals surface area contributed by atoms with Gasteiger partial charge in [-0.3, -0.25) is 0 Å². The molecule has 0 radical (unpaired) electrons. The predicted molar refractivity (Wildman–Crippen MR) is 85.5 cm³/mol. The van der Waals surface area contributed by atoms with Crippen molar-refractivity contribution in [2.45, 2.75) is 66.2 Å². The van der Waals surface area contributed by atoms with E-state index in [-0.39, 0.29) is 0 Å². The van der Waals surface area contributed by atoms with E-state index in [1.54, 1.807) is 0 Å². The molecule has 108 valence electrons. The second-order valence-electron chi connectivity index (χ2n) is 5.75. The zero-order valence-electron chi connectivity index (χ0n) is 13.0. The van der Waals surface area contributed by atoms with E-state index in [1.165, 1.54) is 63.2 Å². The SMILES string of the molecule is CCCCP(CC)(CCCC)(CCCC)NC#N. The fourth-order valence-electron chi connectivity index (χ4n) is 2.92. The first kappa shape index (κ1) is 17.7. The van der Waals surface area contributed by atoms with Crippen LogP contribution in [0.5, 0.6) is 0 Å². The molecule has 0 aliphatic carbocycles. The molecular weight excluding hydrogens is 239 g/mol. The molecule has 0 heterocycles. The van der Waals surface area contributed by atoms with Crippen LogP contribution >= 0.6 is 6.75 Å². The van der Waals surface area contributed by atoms with E-state index in [9.17, 15) is 5.26 Å². The predicted octanol–water partition coefficient (Wildman–Crippen LogP) is 4.95. The third kappa shape index (κ3) is 4.77. The first-order chi connectivity index (χ1) is 8.62. The molecule has 0 atom stereocenters. The second-order valence-corrected chi connectivity index (χ2v) is 11.9. The molecule has 18 heavy (non-hydrogen) atoms. The van der Waals surface area contributed by atoms with Crippen LogP contribution in [-0.2, 0) is 0 Å². The van der Waals surface area contributed by atoms with Crippen LogP contribution in [0.4, 0.5) is 0 Å².